The van der Waals surface area contributed by atoms with Gasteiger partial charge in [-0.2, -0.15) is 0 Å². The van der Waals surface area contributed by atoms with Gasteiger partial charge in [0.05, 0.1) is 27.6 Å². The molecule has 5 nitrogen and oxygen atoms in total. The Labute approximate surface area is 298 Å². The van der Waals surface area contributed by atoms with Crippen LogP contribution in [0.2, 0.25) is 0 Å². The fourth-order valence-electron chi connectivity index (χ4n) is 8.03. The first-order chi connectivity index (χ1) is 25.8. The second kappa shape index (κ2) is 11.2. The van der Waals surface area contributed by atoms with Gasteiger partial charge in [0, 0.05) is 49.3 Å². The SMILES string of the molecule is c1ccc(-c2nc(-c3ccccc3)nc(-c3cccc(-n4c5ccccc5c5ccc6c(cc7c8ccccc8c8ccccc8n76)c54)c3)n2)cc1. The molecule has 0 spiro atoms. The van der Waals surface area contributed by atoms with Gasteiger partial charge in [0.2, 0.25) is 0 Å². The summed E-state index contributed by atoms with van der Waals surface area (Å²) in [6, 6.07) is 62.0. The Hall–Kier alpha value is -7.11. The minimum Gasteiger partial charge on any atom is -0.309 e. The highest BCUT2D eigenvalue weighted by atomic mass is 15.0. The van der Waals surface area contributed by atoms with Gasteiger partial charge in [-0.1, -0.05) is 140 Å². The van der Waals surface area contributed by atoms with Gasteiger partial charge in [-0.05, 0) is 41.8 Å². The lowest BCUT2D eigenvalue weighted by Gasteiger charge is -2.12. The number of para-hydroxylation sites is 2. The summed E-state index contributed by atoms with van der Waals surface area (Å²) in [5.74, 6) is 1.93. The van der Waals surface area contributed by atoms with Crippen LogP contribution in [0.4, 0.5) is 0 Å². The van der Waals surface area contributed by atoms with E-state index in [1.807, 2.05) is 60.7 Å². The highest BCUT2D eigenvalue weighted by Crippen LogP contribution is 2.41. The van der Waals surface area contributed by atoms with Gasteiger partial charge in [-0.25, -0.2) is 15.0 Å². The Morgan fingerprint density at radius 1 is 0.308 bits per heavy atom. The summed E-state index contributed by atoms with van der Waals surface area (Å²) in [5, 5.41) is 7.40. The van der Waals surface area contributed by atoms with Crippen molar-refractivity contribution in [1.29, 1.82) is 0 Å². The first-order valence-corrected chi connectivity index (χ1v) is 17.5. The highest BCUT2D eigenvalue weighted by molar-refractivity contribution is 6.22. The van der Waals surface area contributed by atoms with E-state index in [-0.39, 0.29) is 0 Å². The normalized spacial score (nSPS) is 11.8. The van der Waals surface area contributed by atoms with E-state index in [0.29, 0.717) is 17.5 Å². The lowest BCUT2D eigenvalue weighted by molar-refractivity contribution is 1.07. The largest absolute Gasteiger partial charge is 0.309 e. The van der Waals surface area contributed by atoms with Crippen LogP contribution in [-0.4, -0.2) is 23.9 Å². The molecule has 0 aliphatic rings. The summed E-state index contributed by atoms with van der Waals surface area (Å²) >= 11 is 0. The van der Waals surface area contributed by atoms with Crippen LogP contribution in [0.15, 0.2) is 176 Å². The van der Waals surface area contributed by atoms with Crippen molar-refractivity contribution in [3.8, 4) is 39.9 Å². The average molecular weight is 664 g/mol. The van der Waals surface area contributed by atoms with Crippen molar-refractivity contribution < 1.29 is 0 Å². The maximum Gasteiger partial charge on any atom is 0.164 e. The van der Waals surface area contributed by atoms with Crippen molar-refractivity contribution >= 4 is 59.9 Å². The summed E-state index contributed by atoms with van der Waals surface area (Å²) in [7, 11) is 0. The number of aromatic nitrogens is 5. The number of fused-ring (bicyclic) bond motifs is 12. The average Bonchev–Trinajstić information content (AvgIpc) is 3.79. The number of hydrogen-bond acceptors (Lipinski definition) is 3. The molecule has 0 saturated carbocycles. The Morgan fingerprint density at radius 2 is 0.808 bits per heavy atom. The van der Waals surface area contributed by atoms with Crippen LogP contribution in [0.1, 0.15) is 0 Å². The topological polar surface area (TPSA) is 48.0 Å². The third-order valence-electron chi connectivity index (χ3n) is 10.3. The molecule has 0 radical (unpaired) electrons. The molecule has 7 aromatic carbocycles. The second-order valence-corrected chi connectivity index (χ2v) is 13.3. The van der Waals surface area contributed by atoms with Crippen LogP contribution >= 0.6 is 0 Å². The zero-order chi connectivity index (χ0) is 34.2. The molecule has 0 amide bonds. The molecule has 0 fully saturated rings. The quantitative estimate of drug-likeness (QED) is 0.176. The van der Waals surface area contributed by atoms with E-state index in [4.69, 9.17) is 15.0 Å². The molecular formula is C47H29N5. The molecule has 0 aliphatic heterocycles. The molecule has 11 aromatic rings. The van der Waals surface area contributed by atoms with Crippen molar-refractivity contribution in [2.45, 2.75) is 0 Å². The predicted octanol–water partition coefficient (Wildman–Crippen LogP) is 11.7. The molecule has 0 N–H and O–H groups in total. The molecule has 0 unspecified atom stereocenters. The molecule has 4 aromatic heterocycles. The first-order valence-electron chi connectivity index (χ1n) is 17.5. The Morgan fingerprint density at radius 3 is 1.48 bits per heavy atom. The Bertz CT molecular complexity index is 3120. The second-order valence-electron chi connectivity index (χ2n) is 13.3. The van der Waals surface area contributed by atoms with E-state index in [1.54, 1.807) is 0 Å². The zero-order valence-electron chi connectivity index (χ0n) is 28.0. The van der Waals surface area contributed by atoms with Crippen LogP contribution in [0.5, 0.6) is 0 Å². The molecular weight excluding hydrogens is 635 g/mol. The summed E-state index contributed by atoms with van der Waals surface area (Å²) < 4.78 is 4.85. The zero-order valence-corrected chi connectivity index (χ0v) is 28.0. The molecule has 0 bridgehead atoms. The van der Waals surface area contributed by atoms with Crippen LogP contribution < -0.4 is 0 Å². The molecule has 4 heterocycles. The lowest BCUT2D eigenvalue weighted by Crippen LogP contribution is -2.01. The minimum absolute atomic E-state index is 0.632. The van der Waals surface area contributed by atoms with Crippen LogP contribution in [0.25, 0.3) is 99.8 Å². The summed E-state index contributed by atoms with van der Waals surface area (Å²) in [4.78, 5) is 15.0. The third kappa shape index (κ3) is 4.26. The van der Waals surface area contributed by atoms with E-state index in [1.165, 1.54) is 54.4 Å². The van der Waals surface area contributed by atoms with Crippen molar-refractivity contribution in [2.75, 3.05) is 0 Å². The van der Waals surface area contributed by atoms with E-state index < -0.39 is 0 Å². The van der Waals surface area contributed by atoms with Gasteiger partial charge < -0.3 is 8.97 Å². The van der Waals surface area contributed by atoms with Crippen molar-refractivity contribution in [1.82, 2.24) is 23.9 Å². The van der Waals surface area contributed by atoms with E-state index in [9.17, 15) is 0 Å². The van der Waals surface area contributed by atoms with Crippen molar-refractivity contribution in [3.05, 3.63) is 176 Å². The fourth-order valence-corrected chi connectivity index (χ4v) is 8.03. The standard InChI is InChI=1S/C47H29N5/c1-3-14-30(15-4-1)45-48-46(31-16-5-2-6-17-31)50-47(49-45)32-18-13-19-33(28-32)51-40-24-11-10-23-37(40)38-26-27-42-39(44(38)51)29-43-36-22-8-7-20-34(36)35-21-9-12-25-41(35)52(42)43/h1-29H. The molecule has 0 saturated heterocycles. The van der Waals surface area contributed by atoms with Crippen LogP contribution in [-0.2, 0) is 0 Å². The van der Waals surface area contributed by atoms with Gasteiger partial charge in [0.15, 0.2) is 17.5 Å². The van der Waals surface area contributed by atoms with Crippen LogP contribution in [0, 0.1) is 0 Å². The highest BCUT2D eigenvalue weighted by Gasteiger charge is 2.20. The number of benzene rings is 7. The summed E-state index contributed by atoms with van der Waals surface area (Å²) in [5.41, 5.74) is 9.78. The van der Waals surface area contributed by atoms with Gasteiger partial charge in [0.1, 0.15) is 0 Å². The maximum atomic E-state index is 5.05. The fraction of sp³-hybridized carbons (Fsp3) is 0. The van der Waals surface area contributed by atoms with E-state index in [2.05, 4.69) is 124 Å². The molecule has 0 aliphatic carbocycles. The monoisotopic (exact) mass is 663 g/mol. The summed E-state index contributed by atoms with van der Waals surface area (Å²) in [6.45, 7) is 0. The molecule has 52 heavy (non-hydrogen) atoms. The van der Waals surface area contributed by atoms with Crippen LogP contribution in [0.3, 0.4) is 0 Å². The molecule has 242 valence electrons. The smallest absolute Gasteiger partial charge is 0.164 e. The van der Waals surface area contributed by atoms with Gasteiger partial charge >= 0.3 is 0 Å². The predicted molar refractivity (Wildman–Crippen MR) is 214 cm³/mol. The van der Waals surface area contributed by atoms with E-state index in [0.717, 1.165) is 27.9 Å². The van der Waals surface area contributed by atoms with Crippen molar-refractivity contribution in [3.63, 3.8) is 0 Å². The van der Waals surface area contributed by atoms with Gasteiger partial charge in [-0.15, -0.1) is 0 Å². The first kappa shape index (κ1) is 28.7. The maximum absolute atomic E-state index is 5.05. The lowest BCUT2D eigenvalue weighted by atomic mass is 10.1. The van der Waals surface area contributed by atoms with Gasteiger partial charge in [0.25, 0.3) is 0 Å². The van der Waals surface area contributed by atoms with E-state index >= 15 is 0 Å². The van der Waals surface area contributed by atoms with Gasteiger partial charge in [-0.3, -0.25) is 0 Å². The van der Waals surface area contributed by atoms with Crippen molar-refractivity contribution in [2.24, 2.45) is 0 Å². The Kier molecular flexibility index (Phi) is 6.18. The molecule has 0 atom stereocenters. The minimum atomic E-state index is 0.632. The number of pyridine rings is 1. The third-order valence-corrected chi connectivity index (χ3v) is 10.3. The molecule has 5 heteroatoms. The number of nitrogens with zero attached hydrogens (tertiary/aromatic N) is 5. The summed E-state index contributed by atoms with van der Waals surface area (Å²) in [6.07, 6.45) is 0. The number of rotatable bonds is 4. The molecule has 11 rings (SSSR count). The Balaban J connectivity index is 1.20. The number of hydrogen-bond donors (Lipinski definition) is 0.